The fraction of sp³-hybridized carbons (Fsp3) is 0.429. The predicted octanol–water partition coefficient (Wildman–Crippen LogP) is 0.754. The van der Waals surface area contributed by atoms with Gasteiger partial charge >= 0.3 is 0 Å². The van der Waals surface area contributed by atoms with Crippen LogP contribution in [-0.2, 0) is 9.59 Å². The first kappa shape index (κ1) is 13.5. The molecular weight excluding hydrogens is 242 g/mol. The SMILES string of the molecule is Cc1ccccc1NC(=O)CNC1CCN(C)C1=O. The van der Waals surface area contributed by atoms with Crippen LogP contribution < -0.4 is 10.6 Å². The van der Waals surface area contributed by atoms with Crippen LogP contribution in [0.4, 0.5) is 5.69 Å². The minimum Gasteiger partial charge on any atom is -0.344 e. The van der Waals surface area contributed by atoms with Crippen molar-refractivity contribution in [3.05, 3.63) is 29.8 Å². The zero-order valence-electron chi connectivity index (χ0n) is 11.3. The van der Waals surface area contributed by atoms with Crippen molar-refractivity contribution in [3.63, 3.8) is 0 Å². The van der Waals surface area contributed by atoms with Crippen molar-refractivity contribution in [3.8, 4) is 0 Å². The molecule has 0 aromatic heterocycles. The Morgan fingerprint density at radius 1 is 1.42 bits per heavy atom. The van der Waals surface area contributed by atoms with Crippen LogP contribution in [0.1, 0.15) is 12.0 Å². The number of benzene rings is 1. The monoisotopic (exact) mass is 261 g/mol. The van der Waals surface area contributed by atoms with Gasteiger partial charge in [0.25, 0.3) is 0 Å². The van der Waals surface area contributed by atoms with Crippen molar-refractivity contribution >= 4 is 17.5 Å². The summed E-state index contributed by atoms with van der Waals surface area (Å²) in [6.07, 6.45) is 0.757. The van der Waals surface area contributed by atoms with Gasteiger partial charge in [-0.05, 0) is 25.0 Å². The number of rotatable bonds is 4. The summed E-state index contributed by atoms with van der Waals surface area (Å²) in [5.74, 6) is -0.0691. The van der Waals surface area contributed by atoms with E-state index in [2.05, 4.69) is 10.6 Å². The van der Waals surface area contributed by atoms with Crippen LogP contribution in [0.25, 0.3) is 0 Å². The smallest absolute Gasteiger partial charge is 0.239 e. The van der Waals surface area contributed by atoms with Crippen LogP contribution in [0.15, 0.2) is 24.3 Å². The van der Waals surface area contributed by atoms with Gasteiger partial charge in [0, 0.05) is 19.3 Å². The molecule has 1 fully saturated rings. The molecule has 2 amide bonds. The van der Waals surface area contributed by atoms with Gasteiger partial charge in [0.2, 0.25) is 11.8 Å². The molecule has 0 radical (unpaired) electrons. The molecule has 2 rings (SSSR count). The van der Waals surface area contributed by atoms with Crippen LogP contribution in [0.2, 0.25) is 0 Å². The number of likely N-dealkylation sites (N-methyl/N-ethyl adjacent to an activating group) is 1. The maximum atomic E-state index is 11.8. The largest absolute Gasteiger partial charge is 0.344 e. The van der Waals surface area contributed by atoms with Crippen molar-refractivity contribution < 1.29 is 9.59 Å². The van der Waals surface area contributed by atoms with Crippen molar-refractivity contribution in [1.29, 1.82) is 0 Å². The van der Waals surface area contributed by atoms with Gasteiger partial charge in [-0.25, -0.2) is 0 Å². The molecule has 1 atom stereocenters. The Labute approximate surface area is 113 Å². The van der Waals surface area contributed by atoms with E-state index in [0.29, 0.717) is 0 Å². The molecule has 19 heavy (non-hydrogen) atoms. The fourth-order valence-corrected chi connectivity index (χ4v) is 2.14. The fourth-order valence-electron chi connectivity index (χ4n) is 2.14. The van der Waals surface area contributed by atoms with Crippen LogP contribution >= 0.6 is 0 Å². The summed E-state index contributed by atoms with van der Waals surface area (Å²) in [7, 11) is 1.78. The van der Waals surface area contributed by atoms with Gasteiger partial charge in [-0.1, -0.05) is 18.2 Å². The van der Waals surface area contributed by atoms with Crippen LogP contribution in [0.5, 0.6) is 0 Å². The molecule has 0 bridgehead atoms. The predicted molar refractivity (Wildman–Crippen MR) is 73.9 cm³/mol. The molecule has 5 nitrogen and oxygen atoms in total. The highest BCUT2D eigenvalue weighted by atomic mass is 16.2. The number of carbonyl (C=O) groups is 2. The lowest BCUT2D eigenvalue weighted by atomic mass is 10.2. The quantitative estimate of drug-likeness (QED) is 0.841. The lowest BCUT2D eigenvalue weighted by Gasteiger charge is -2.13. The number of nitrogens with zero attached hydrogens (tertiary/aromatic N) is 1. The Morgan fingerprint density at radius 2 is 2.16 bits per heavy atom. The molecule has 1 aliphatic heterocycles. The molecule has 0 spiro atoms. The Morgan fingerprint density at radius 3 is 2.79 bits per heavy atom. The highest BCUT2D eigenvalue weighted by Gasteiger charge is 2.28. The van der Waals surface area contributed by atoms with E-state index in [4.69, 9.17) is 0 Å². The van der Waals surface area contributed by atoms with Crippen molar-refractivity contribution in [2.75, 3.05) is 25.5 Å². The third kappa shape index (κ3) is 3.32. The minimum absolute atomic E-state index is 0.0590. The number of para-hydroxylation sites is 1. The Balaban J connectivity index is 1.83. The number of hydrogen-bond acceptors (Lipinski definition) is 3. The number of nitrogens with one attached hydrogen (secondary N) is 2. The topological polar surface area (TPSA) is 61.4 Å². The van der Waals surface area contributed by atoms with Crippen LogP contribution in [-0.4, -0.2) is 42.9 Å². The van der Waals surface area contributed by atoms with E-state index in [9.17, 15) is 9.59 Å². The Hall–Kier alpha value is -1.88. The Bertz CT molecular complexity index is 487. The van der Waals surface area contributed by atoms with E-state index in [1.165, 1.54) is 0 Å². The molecule has 0 aliphatic carbocycles. The lowest BCUT2D eigenvalue weighted by Crippen LogP contribution is -2.41. The molecular formula is C14H19N3O2. The zero-order valence-corrected chi connectivity index (χ0v) is 11.3. The third-order valence-corrected chi connectivity index (χ3v) is 3.36. The zero-order chi connectivity index (χ0) is 13.8. The first-order valence-electron chi connectivity index (χ1n) is 6.42. The van der Waals surface area contributed by atoms with Gasteiger partial charge in [-0.3, -0.25) is 14.9 Å². The molecule has 0 saturated carbocycles. The normalized spacial score (nSPS) is 18.7. The summed E-state index contributed by atoms with van der Waals surface area (Å²) in [4.78, 5) is 25.2. The van der Waals surface area contributed by atoms with E-state index in [-0.39, 0.29) is 24.4 Å². The first-order valence-corrected chi connectivity index (χ1v) is 6.42. The number of anilines is 1. The van der Waals surface area contributed by atoms with Gasteiger partial charge in [0.1, 0.15) is 0 Å². The summed E-state index contributed by atoms with van der Waals surface area (Å²) in [6, 6.07) is 7.38. The number of aryl methyl sites for hydroxylation is 1. The molecule has 1 aromatic carbocycles. The van der Waals surface area contributed by atoms with E-state index >= 15 is 0 Å². The molecule has 1 aliphatic rings. The van der Waals surface area contributed by atoms with Gasteiger partial charge in [0.15, 0.2) is 0 Å². The highest BCUT2D eigenvalue weighted by Crippen LogP contribution is 2.13. The van der Waals surface area contributed by atoms with Gasteiger partial charge < -0.3 is 10.2 Å². The minimum atomic E-state index is -0.229. The second kappa shape index (κ2) is 5.84. The summed E-state index contributed by atoms with van der Waals surface area (Å²) >= 11 is 0. The number of hydrogen-bond donors (Lipinski definition) is 2. The summed E-state index contributed by atoms with van der Waals surface area (Å²) in [6.45, 7) is 2.84. The van der Waals surface area contributed by atoms with Crippen molar-refractivity contribution in [1.82, 2.24) is 10.2 Å². The summed E-state index contributed by atoms with van der Waals surface area (Å²) in [5.41, 5.74) is 1.83. The molecule has 1 aromatic rings. The molecule has 1 unspecified atom stereocenters. The summed E-state index contributed by atoms with van der Waals surface area (Å²) < 4.78 is 0. The Kier molecular flexibility index (Phi) is 4.16. The van der Waals surface area contributed by atoms with Gasteiger partial charge in [-0.15, -0.1) is 0 Å². The van der Waals surface area contributed by atoms with E-state index in [0.717, 1.165) is 24.2 Å². The molecule has 1 heterocycles. The van der Waals surface area contributed by atoms with Crippen molar-refractivity contribution in [2.45, 2.75) is 19.4 Å². The molecule has 1 saturated heterocycles. The number of likely N-dealkylation sites (tertiary alicyclic amines) is 1. The average Bonchev–Trinajstić information content (AvgIpc) is 2.70. The highest BCUT2D eigenvalue weighted by molar-refractivity contribution is 5.93. The second-order valence-corrected chi connectivity index (χ2v) is 4.85. The van der Waals surface area contributed by atoms with E-state index in [1.807, 2.05) is 31.2 Å². The van der Waals surface area contributed by atoms with Crippen LogP contribution in [0.3, 0.4) is 0 Å². The average molecular weight is 261 g/mol. The maximum absolute atomic E-state index is 11.8. The van der Waals surface area contributed by atoms with Gasteiger partial charge in [0.05, 0.1) is 12.6 Å². The van der Waals surface area contributed by atoms with Crippen molar-refractivity contribution in [2.24, 2.45) is 0 Å². The number of carbonyl (C=O) groups excluding carboxylic acids is 2. The standard InChI is InChI=1S/C14H19N3O2/c1-10-5-3-4-6-11(10)16-13(18)9-15-12-7-8-17(2)14(12)19/h3-6,12,15H,7-9H2,1-2H3,(H,16,18). The molecule has 5 heteroatoms. The third-order valence-electron chi connectivity index (χ3n) is 3.36. The summed E-state index contributed by atoms with van der Waals surface area (Å²) in [5, 5.41) is 5.83. The number of amides is 2. The maximum Gasteiger partial charge on any atom is 0.239 e. The lowest BCUT2D eigenvalue weighted by molar-refractivity contribution is -0.128. The van der Waals surface area contributed by atoms with Crippen LogP contribution in [0, 0.1) is 6.92 Å². The second-order valence-electron chi connectivity index (χ2n) is 4.85. The molecule has 102 valence electrons. The first-order chi connectivity index (χ1) is 9.08. The van der Waals surface area contributed by atoms with E-state index < -0.39 is 0 Å². The van der Waals surface area contributed by atoms with E-state index in [1.54, 1.807) is 11.9 Å². The van der Waals surface area contributed by atoms with Gasteiger partial charge in [-0.2, -0.15) is 0 Å². The molecule has 2 N–H and O–H groups in total.